The van der Waals surface area contributed by atoms with E-state index in [0.29, 0.717) is 8.50 Å². The third kappa shape index (κ3) is 3.74. The van der Waals surface area contributed by atoms with Gasteiger partial charge in [-0.2, -0.15) is 0 Å². The molecule has 0 radical (unpaired) electrons. The van der Waals surface area contributed by atoms with Crippen LogP contribution in [0.3, 0.4) is 0 Å². The summed E-state index contributed by atoms with van der Waals surface area (Å²) in [5, 5.41) is 0. The van der Waals surface area contributed by atoms with Crippen LogP contribution in [0.5, 0.6) is 0 Å². The molecule has 0 aliphatic rings. The van der Waals surface area contributed by atoms with Gasteiger partial charge in [-0.25, -0.2) is 0 Å². The quantitative estimate of drug-likeness (QED) is 0.488. The largest absolute Gasteiger partial charge is 0.349 e. The minimum absolute atomic E-state index is 0.0216. The van der Waals surface area contributed by atoms with Gasteiger partial charge in [0, 0.05) is 8.50 Å². The van der Waals surface area contributed by atoms with Gasteiger partial charge in [0.05, 0.1) is 6.04 Å². The summed E-state index contributed by atoms with van der Waals surface area (Å²) in [5.74, 6) is 0. The first-order valence-corrected chi connectivity index (χ1v) is 6.03. The van der Waals surface area contributed by atoms with Crippen molar-refractivity contribution in [2.45, 2.75) is 19.1 Å². The summed E-state index contributed by atoms with van der Waals surface area (Å²) in [6, 6.07) is 0.127. The summed E-state index contributed by atoms with van der Waals surface area (Å²) in [5.41, 5.74) is 0. The molecule has 4 unspecified atom stereocenters. The third-order valence-corrected chi connectivity index (χ3v) is 2.34. The van der Waals surface area contributed by atoms with Gasteiger partial charge in [0.2, 0.25) is 0 Å². The molecule has 0 aliphatic heterocycles. The molecule has 0 saturated carbocycles. The zero-order valence-corrected chi connectivity index (χ0v) is 9.03. The first-order valence-electron chi connectivity index (χ1n) is 2.86. The zero-order valence-electron chi connectivity index (χ0n) is 5.87. The molecule has 5 heteroatoms. The van der Waals surface area contributed by atoms with E-state index in [4.69, 9.17) is 4.52 Å². The van der Waals surface area contributed by atoms with Crippen LogP contribution in [0.2, 0.25) is 0 Å². The van der Waals surface area contributed by atoms with E-state index < -0.39 is 0 Å². The minimum Gasteiger partial charge on any atom is -0.349 e. The molecule has 0 aromatic carbocycles. The summed E-state index contributed by atoms with van der Waals surface area (Å²) >= 11 is 0. The van der Waals surface area contributed by atoms with E-state index in [1.54, 1.807) is 6.08 Å². The van der Waals surface area contributed by atoms with Gasteiger partial charge in [-0.3, -0.25) is 4.74 Å². The number of hydrogen-bond acceptors (Lipinski definition) is 2. The standard InChI is InChI=1S/C5H12NOP3/c1-3-5(7-10-9)4(2)6-8/h3-5,8,10H,1,9H2,2H3. The van der Waals surface area contributed by atoms with Crippen molar-refractivity contribution in [3.8, 4) is 0 Å². The molecule has 0 fully saturated rings. The van der Waals surface area contributed by atoms with Gasteiger partial charge in [-0.15, -0.1) is 6.58 Å². The lowest BCUT2D eigenvalue weighted by Gasteiger charge is -2.14. The second-order valence-corrected chi connectivity index (χ2v) is 3.24. The molecule has 0 aliphatic carbocycles. The van der Waals surface area contributed by atoms with Crippen molar-refractivity contribution in [1.82, 2.24) is 0 Å². The maximum absolute atomic E-state index is 5.29. The Bertz CT molecular complexity index is 119. The lowest BCUT2D eigenvalue weighted by molar-refractivity contribution is 0.264. The van der Waals surface area contributed by atoms with E-state index in [-0.39, 0.29) is 12.1 Å². The zero-order chi connectivity index (χ0) is 7.98. The van der Waals surface area contributed by atoms with Crippen LogP contribution in [0.1, 0.15) is 6.92 Å². The molecule has 10 heavy (non-hydrogen) atoms. The van der Waals surface area contributed by atoms with Crippen LogP contribution in [0.4, 0.5) is 0 Å². The van der Waals surface area contributed by atoms with Crippen molar-refractivity contribution in [3.63, 3.8) is 0 Å². The Labute approximate surface area is 68.1 Å². The van der Waals surface area contributed by atoms with Gasteiger partial charge in [0.1, 0.15) is 6.10 Å². The summed E-state index contributed by atoms with van der Waals surface area (Å²) < 4.78 is 9.17. The van der Waals surface area contributed by atoms with E-state index in [1.165, 1.54) is 0 Å². The highest BCUT2D eigenvalue weighted by molar-refractivity contribution is 8.00. The SMILES string of the molecule is C=CC(OPP)C(C)N=P. The molecule has 0 rings (SSSR count). The molecule has 0 heterocycles. The summed E-state index contributed by atoms with van der Waals surface area (Å²) in [7, 11) is 5.99. The lowest BCUT2D eigenvalue weighted by Crippen LogP contribution is -2.17. The molecule has 0 saturated heterocycles. The fourth-order valence-electron chi connectivity index (χ4n) is 0.496. The van der Waals surface area contributed by atoms with Gasteiger partial charge >= 0.3 is 0 Å². The molecule has 0 amide bonds. The second kappa shape index (κ2) is 6.38. The molecule has 4 atom stereocenters. The van der Waals surface area contributed by atoms with Crippen LogP contribution >= 0.6 is 26.5 Å². The number of rotatable bonds is 5. The molecular weight excluding hydrogens is 183 g/mol. The maximum Gasteiger partial charge on any atom is 0.102 e. The van der Waals surface area contributed by atoms with Crippen molar-refractivity contribution in [1.29, 1.82) is 0 Å². The van der Waals surface area contributed by atoms with Gasteiger partial charge in [0.25, 0.3) is 0 Å². The maximum atomic E-state index is 5.29. The third-order valence-electron chi connectivity index (χ3n) is 1.12. The molecular formula is C5H12NOP3. The number of nitrogens with zero attached hydrogens (tertiary/aromatic N) is 1. The molecule has 0 aromatic heterocycles. The summed E-state index contributed by atoms with van der Waals surface area (Å²) in [6.45, 7) is 5.60. The highest BCUT2D eigenvalue weighted by Crippen LogP contribution is 2.26. The predicted octanol–water partition coefficient (Wildman–Crippen LogP) is 2.66. The van der Waals surface area contributed by atoms with Crippen molar-refractivity contribution in [2.24, 2.45) is 4.74 Å². The van der Waals surface area contributed by atoms with Crippen LogP contribution < -0.4 is 0 Å². The van der Waals surface area contributed by atoms with Crippen LogP contribution in [0, 0.1) is 0 Å². The van der Waals surface area contributed by atoms with Gasteiger partial charge in [0.15, 0.2) is 0 Å². The van der Waals surface area contributed by atoms with Crippen LogP contribution in [-0.4, -0.2) is 12.1 Å². The Kier molecular flexibility index (Phi) is 6.80. The van der Waals surface area contributed by atoms with Crippen molar-refractivity contribution >= 4 is 26.5 Å². The van der Waals surface area contributed by atoms with Crippen molar-refractivity contribution in [3.05, 3.63) is 12.7 Å². The second-order valence-electron chi connectivity index (χ2n) is 1.81. The van der Waals surface area contributed by atoms with E-state index in [0.717, 1.165) is 0 Å². The highest BCUT2D eigenvalue weighted by Gasteiger charge is 2.10. The van der Waals surface area contributed by atoms with Crippen LogP contribution in [0.15, 0.2) is 17.4 Å². The monoisotopic (exact) mass is 195 g/mol. The average Bonchev–Trinajstić information content (AvgIpc) is 1.99. The Balaban J connectivity index is 3.78. The smallest absolute Gasteiger partial charge is 0.102 e. The molecule has 58 valence electrons. The highest BCUT2D eigenvalue weighted by atomic mass is 32.0. The Morgan fingerprint density at radius 3 is 2.80 bits per heavy atom. The summed E-state index contributed by atoms with van der Waals surface area (Å²) in [4.78, 5) is 0. The fraction of sp³-hybridized carbons (Fsp3) is 0.600. The van der Waals surface area contributed by atoms with Crippen molar-refractivity contribution in [2.75, 3.05) is 0 Å². The van der Waals surface area contributed by atoms with E-state index >= 15 is 0 Å². The van der Waals surface area contributed by atoms with Gasteiger partial charge in [-0.1, -0.05) is 15.0 Å². The average molecular weight is 195 g/mol. The molecule has 2 nitrogen and oxygen atoms in total. The van der Waals surface area contributed by atoms with Crippen LogP contribution in [-0.2, 0) is 4.52 Å². The Morgan fingerprint density at radius 1 is 1.90 bits per heavy atom. The van der Waals surface area contributed by atoms with Crippen molar-refractivity contribution < 1.29 is 4.52 Å². The van der Waals surface area contributed by atoms with E-state index in [2.05, 4.69) is 29.3 Å². The Hall–Kier alpha value is 0.660. The van der Waals surface area contributed by atoms with E-state index in [1.807, 2.05) is 6.92 Å². The predicted molar refractivity (Wildman–Crippen MR) is 53.3 cm³/mol. The summed E-state index contributed by atoms with van der Waals surface area (Å²) in [6.07, 6.45) is 1.78. The number of hydrogen-bond donors (Lipinski definition) is 0. The van der Waals surface area contributed by atoms with Gasteiger partial charge in [-0.05, 0) is 16.0 Å². The van der Waals surface area contributed by atoms with E-state index in [9.17, 15) is 0 Å². The first-order chi connectivity index (χ1) is 4.76. The lowest BCUT2D eigenvalue weighted by atomic mass is 10.2. The first kappa shape index (κ1) is 10.7. The normalized spacial score (nSPS) is 17.0. The van der Waals surface area contributed by atoms with Crippen LogP contribution in [0.25, 0.3) is 0 Å². The molecule has 0 N–H and O–H groups in total. The minimum atomic E-state index is 0.0216. The molecule has 0 aromatic rings. The van der Waals surface area contributed by atoms with Gasteiger partial charge < -0.3 is 4.52 Å². The molecule has 0 spiro atoms. The fourth-order valence-corrected chi connectivity index (χ4v) is 1.56. The molecule has 0 bridgehead atoms. The topological polar surface area (TPSA) is 21.6 Å². The Morgan fingerprint density at radius 2 is 2.50 bits per heavy atom.